The van der Waals surface area contributed by atoms with Crippen molar-refractivity contribution in [2.24, 2.45) is 0 Å². The lowest BCUT2D eigenvalue weighted by Gasteiger charge is -2.23. The van der Waals surface area contributed by atoms with Crippen molar-refractivity contribution < 1.29 is 9.22 Å². The van der Waals surface area contributed by atoms with Crippen LogP contribution in [-0.4, -0.2) is 42.8 Å². The smallest absolute Gasteiger partial charge is 0.118 e. The second-order valence-corrected chi connectivity index (χ2v) is 5.47. The van der Waals surface area contributed by atoms with Crippen molar-refractivity contribution >= 4 is 11.3 Å². The molecule has 2 heterocycles. The van der Waals surface area contributed by atoms with E-state index in [0.717, 1.165) is 16.0 Å². The van der Waals surface area contributed by atoms with Crippen LogP contribution in [0, 0.1) is 0 Å². The van der Waals surface area contributed by atoms with E-state index in [4.69, 9.17) is 4.74 Å². The van der Waals surface area contributed by atoms with E-state index in [1.54, 1.807) is 11.3 Å². The van der Waals surface area contributed by atoms with E-state index in [2.05, 4.69) is 19.1 Å². The monoisotopic (exact) mass is 213 g/mol. The van der Waals surface area contributed by atoms with E-state index < -0.39 is 0 Å². The number of nitrogens with zero attached hydrogens (tertiary/aromatic N) is 2. The standard InChI is InChI=1S/C10H17N2OS/c1-12(2)5-3-9(7-12)13-8-10-11-4-6-14-10/h4,6,9H,3,5,7-8H2,1-2H3/q+1. The number of rotatable bonds is 3. The van der Waals surface area contributed by atoms with Crippen molar-refractivity contribution in [3.05, 3.63) is 16.6 Å². The normalized spacial score (nSPS) is 25.4. The fourth-order valence-corrected chi connectivity index (χ4v) is 2.41. The lowest BCUT2D eigenvalue weighted by Crippen LogP contribution is -2.37. The molecular formula is C10H17N2OS+. The highest BCUT2D eigenvalue weighted by atomic mass is 32.1. The van der Waals surface area contributed by atoms with E-state index in [0.29, 0.717) is 12.7 Å². The number of hydrogen-bond donors (Lipinski definition) is 0. The van der Waals surface area contributed by atoms with Crippen LogP contribution in [0.15, 0.2) is 11.6 Å². The van der Waals surface area contributed by atoms with Gasteiger partial charge in [-0.25, -0.2) is 4.98 Å². The van der Waals surface area contributed by atoms with Gasteiger partial charge in [0, 0.05) is 18.0 Å². The van der Waals surface area contributed by atoms with Crippen LogP contribution in [-0.2, 0) is 11.3 Å². The van der Waals surface area contributed by atoms with Gasteiger partial charge in [-0.15, -0.1) is 11.3 Å². The molecule has 14 heavy (non-hydrogen) atoms. The second kappa shape index (κ2) is 3.96. The fraction of sp³-hybridized carbons (Fsp3) is 0.700. The van der Waals surface area contributed by atoms with Gasteiger partial charge in [-0.2, -0.15) is 0 Å². The zero-order valence-electron chi connectivity index (χ0n) is 8.77. The molecule has 1 fully saturated rings. The molecule has 78 valence electrons. The Hall–Kier alpha value is -0.450. The number of likely N-dealkylation sites (N-methyl/N-ethyl adjacent to an activating group) is 1. The minimum atomic E-state index is 0.425. The molecule has 0 radical (unpaired) electrons. The van der Waals surface area contributed by atoms with Crippen molar-refractivity contribution in [3.63, 3.8) is 0 Å². The third-order valence-electron chi connectivity index (χ3n) is 2.68. The maximum absolute atomic E-state index is 5.82. The Morgan fingerprint density at radius 2 is 2.50 bits per heavy atom. The van der Waals surface area contributed by atoms with E-state index in [1.807, 2.05) is 11.6 Å². The molecule has 0 bridgehead atoms. The summed E-state index contributed by atoms with van der Waals surface area (Å²) in [6.07, 6.45) is 3.44. The highest BCUT2D eigenvalue weighted by Gasteiger charge is 2.31. The Morgan fingerprint density at radius 3 is 3.07 bits per heavy atom. The first-order valence-corrected chi connectivity index (χ1v) is 5.86. The number of quaternary nitrogens is 1. The molecule has 0 aliphatic carbocycles. The predicted molar refractivity (Wildman–Crippen MR) is 57.2 cm³/mol. The van der Waals surface area contributed by atoms with Gasteiger partial charge in [-0.3, -0.25) is 0 Å². The molecule has 1 aromatic rings. The summed E-state index contributed by atoms with van der Waals surface area (Å²) >= 11 is 1.66. The molecule has 1 unspecified atom stereocenters. The van der Waals surface area contributed by atoms with Crippen LogP contribution >= 0.6 is 11.3 Å². The molecule has 4 heteroatoms. The van der Waals surface area contributed by atoms with Gasteiger partial charge in [0.25, 0.3) is 0 Å². The molecule has 0 spiro atoms. The fourth-order valence-electron chi connectivity index (χ4n) is 1.88. The van der Waals surface area contributed by atoms with E-state index in [1.165, 1.54) is 13.0 Å². The summed E-state index contributed by atoms with van der Waals surface area (Å²) in [4.78, 5) is 4.20. The summed E-state index contributed by atoms with van der Waals surface area (Å²) in [6.45, 7) is 3.04. The maximum Gasteiger partial charge on any atom is 0.118 e. The van der Waals surface area contributed by atoms with Crippen molar-refractivity contribution in [2.75, 3.05) is 27.2 Å². The molecule has 0 saturated carbocycles. The number of hydrogen-bond acceptors (Lipinski definition) is 3. The average Bonchev–Trinajstić information content (AvgIpc) is 2.70. The molecule has 2 rings (SSSR count). The number of ether oxygens (including phenoxy) is 1. The van der Waals surface area contributed by atoms with Crippen LogP contribution in [0.4, 0.5) is 0 Å². The van der Waals surface area contributed by atoms with E-state index >= 15 is 0 Å². The van der Waals surface area contributed by atoms with Gasteiger partial charge in [-0.05, 0) is 0 Å². The van der Waals surface area contributed by atoms with Gasteiger partial charge < -0.3 is 9.22 Å². The number of thiazole rings is 1. The Bertz CT molecular complexity index is 284. The van der Waals surface area contributed by atoms with Crippen LogP contribution in [0.3, 0.4) is 0 Å². The van der Waals surface area contributed by atoms with Crippen LogP contribution in [0.25, 0.3) is 0 Å². The van der Waals surface area contributed by atoms with Gasteiger partial charge in [0.05, 0.1) is 27.2 Å². The number of aromatic nitrogens is 1. The van der Waals surface area contributed by atoms with Gasteiger partial charge in [0.15, 0.2) is 0 Å². The Kier molecular flexibility index (Phi) is 2.85. The second-order valence-electron chi connectivity index (χ2n) is 4.49. The molecule has 1 aliphatic heterocycles. The zero-order chi connectivity index (χ0) is 10.0. The average molecular weight is 213 g/mol. The summed E-state index contributed by atoms with van der Waals surface area (Å²) < 4.78 is 6.90. The van der Waals surface area contributed by atoms with E-state index in [-0.39, 0.29) is 0 Å². The lowest BCUT2D eigenvalue weighted by molar-refractivity contribution is -0.879. The van der Waals surface area contributed by atoms with Crippen molar-refractivity contribution in [2.45, 2.75) is 19.1 Å². The molecule has 0 amide bonds. The molecule has 1 aliphatic rings. The van der Waals surface area contributed by atoms with Gasteiger partial charge >= 0.3 is 0 Å². The minimum Gasteiger partial charge on any atom is -0.365 e. The summed E-state index contributed by atoms with van der Waals surface area (Å²) in [7, 11) is 4.51. The maximum atomic E-state index is 5.82. The minimum absolute atomic E-state index is 0.425. The number of likely N-dealkylation sites (tertiary alicyclic amines) is 1. The molecule has 3 nitrogen and oxygen atoms in total. The predicted octanol–water partition coefficient (Wildman–Crippen LogP) is 1.51. The van der Waals surface area contributed by atoms with Crippen molar-refractivity contribution in [1.29, 1.82) is 0 Å². The highest BCUT2D eigenvalue weighted by molar-refractivity contribution is 7.09. The molecule has 0 N–H and O–H groups in total. The zero-order valence-corrected chi connectivity index (χ0v) is 9.59. The summed E-state index contributed by atoms with van der Waals surface area (Å²) in [5, 5.41) is 3.08. The molecule has 1 atom stereocenters. The first kappa shape index (κ1) is 10.1. The van der Waals surface area contributed by atoms with Crippen LogP contribution in [0.1, 0.15) is 11.4 Å². The third-order valence-corrected chi connectivity index (χ3v) is 3.43. The van der Waals surface area contributed by atoms with Gasteiger partial charge in [0.1, 0.15) is 17.7 Å². The first-order valence-electron chi connectivity index (χ1n) is 4.98. The summed E-state index contributed by atoms with van der Waals surface area (Å²) in [5.41, 5.74) is 0. The first-order chi connectivity index (χ1) is 6.66. The quantitative estimate of drug-likeness (QED) is 0.710. The SMILES string of the molecule is C[N+]1(C)CCC(OCc2nccs2)C1. The Labute approximate surface area is 88.9 Å². The molecule has 0 aromatic carbocycles. The van der Waals surface area contributed by atoms with E-state index in [9.17, 15) is 0 Å². The van der Waals surface area contributed by atoms with Crippen LogP contribution in [0.2, 0.25) is 0 Å². The summed E-state index contributed by atoms with van der Waals surface area (Å²) in [5.74, 6) is 0. The summed E-state index contributed by atoms with van der Waals surface area (Å²) in [6, 6.07) is 0. The van der Waals surface area contributed by atoms with Crippen LogP contribution < -0.4 is 0 Å². The lowest BCUT2D eigenvalue weighted by atomic mass is 10.3. The Balaban J connectivity index is 1.78. The third kappa shape index (κ3) is 2.53. The van der Waals surface area contributed by atoms with Crippen molar-refractivity contribution in [1.82, 2.24) is 4.98 Å². The highest BCUT2D eigenvalue weighted by Crippen LogP contribution is 2.18. The topological polar surface area (TPSA) is 22.1 Å². The molecular weight excluding hydrogens is 196 g/mol. The van der Waals surface area contributed by atoms with Crippen LogP contribution in [0.5, 0.6) is 0 Å². The van der Waals surface area contributed by atoms with Crippen molar-refractivity contribution in [3.8, 4) is 0 Å². The Morgan fingerprint density at radius 1 is 1.64 bits per heavy atom. The molecule has 1 aromatic heterocycles. The molecule has 1 saturated heterocycles. The largest absolute Gasteiger partial charge is 0.365 e. The van der Waals surface area contributed by atoms with Gasteiger partial charge in [0.2, 0.25) is 0 Å². The van der Waals surface area contributed by atoms with Gasteiger partial charge in [-0.1, -0.05) is 0 Å².